The van der Waals surface area contributed by atoms with Gasteiger partial charge in [-0.15, -0.1) is 0 Å². The number of nitrogens with zero attached hydrogens (tertiary/aromatic N) is 1. The lowest BCUT2D eigenvalue weighted by atomic mass is 10.1. The van der Waals surface area contributed by atoms with Gasteiger partial charge in [-0.2, -0.15) is 0 Å². The van der Waals surface area contributed by atoms with Crippen molar-refractivity contribution in [1.82, 2.24) is 10.2 Å². The van der Waals surface area contributed by atoms with E-state index in [-0.39, 0.29) is 18.2 Å². The first-order valence-electron chi connectivity index (χ1n) is 6.54. The molecule has 7 heteroatoms. The molecule has 0 aromatic heterocycles. The van der Waals surface area contributed by atoms with E-state index in [4.69, 9.17) is 0 Å². The van der Waals surface area contributed by atoms with E-state index in [2.05, 4.69) is 10.1 Å². The van der Waals surface area contributed by atoms with Gasteiger partial charge in [-0.05, 0) is 24.6 Å². The van der Waals surface area contributed by atoms with Crippen LogP contribution in [0.1, 0.15) is 16.8 Å². The van der Waals surface area contributed by atoms with Crippen LogP contribution in [0.15, 0.2) is 18.2 Å². The number of Topliss-reactive ketones (excluding diaryl/α,β-unsaturated/α-hetero) is 1. The number of hydrogen-bond donors (Lipinski definition) is 1. The fourth-order valence-electron chi connectivity index (χ4n) is 2.32. The number of benzene rings is 1. The zero-order valence-electron chi connectivity index (χ0n) is 11.6. The number of hydrogen-bond acceptors (Lipinski definition) is 4. The zero-order chi connectivity index (χ0) is 15.4. The van der Waals surface area contributed by atoms with E-state index in [9.17, 15) is 18.4 Å². The van der Waals surface area contributed by atoms with Crippen LogP contribution in [-0.2, 0) is 4.74 Å². The number of likely N-dealkylation sites (tertiary alicyclic amines) is 1. The molecule has 0 spiro atoms. The molecule has 2 rings (SSSR count). The Hall–Kier alpha value is -2.02. The van der Waals surface area contributed by atoms with Crippen LogP contribution in [0.2, 0.25) is 0 Å². The molecule has 0 radical (unpaired) electrons. The van der Waals surface area contributed by atoms with Crippen molar-refractivity contribution in [2.24, 2.45) is 0 Å². The van der Waals surface area contributed by atoms with Gasteiger partial charge in [0, 0.05) is 19.1 Å². The van der Waals surface area contributed by atoms with Gasteiger partial charge in [-0.25, -0.2) is 13.6 Å². The van der Waals surface area contributed by atoms with Gasteiger partial charge >= 0.3 is 6.09 Å². The van der Waals surface area contributed by atoms with Crippen LogP contribution in [0, 0.1) is 11.6 Å². The topological polar surface area (TPSA) is 58.6 Å². The molecule has 1 aliphatic rings. The van der Waals surface area contributed by atoms with Crippen molar-refractivity contribution in [3.63, 3.8) is 0 Å². The van der Waals surface area contributed by atoms with Crippen LogP contribution in [-0.4, -0.2) is 49.6 Å². The van der Waals surface area contributed by atoms with E-state index in [1.54, 1.807) is 4.90 Å². The van der Waals surface area contributed by atoms with Crippen molar-refractivity contribution in [2.75, 3.05) is 26.7 Å². The highest BCUT2D eigenvalue weighted by Crippen LogP contribution is 2.14. The number of nitrogens with one attached hydrogen (secondary N) is 1. The molecule has 1 atom stereocenters. The Morgan fingerprint density at radius 3 is 2.90 bits per heavy atom. The molecule has 1 fully saturated rings. The van der Waals surface area contributed by atoms with Gasteiger partial charge in [0.2, 0.25) is 0 Å². The summed E-state index contributed by atoms with van der Waals surface area (Å²) in [5.41, 5.74) is -0.251. The lowest BCUT2D eigenvalue weighted by Crippen LogP contribution is -2.38. The first-order valence-corrected chi connectivity index (χ1v) is 6.54. The fourth-order valence-corrected chi connectivity index (χ4v) is 2.32. The first-order chi connectivity index (χ1) is 9.99. The van der Waals surface area contributed by atoms with Gasteiger partial charge in [-0.1, -0.05) is 0 Å². The molecule has 1 amide bonds. The average molecular weight is 298 g/mol. The molecule has 1 N–H and O–H groups in total. The van der Waals surface area contributed by atoms with Gasteiger partial charge in [-0.3, -0.25) is 9.69 Å². The summed E-state index contributed by atoms with van der Waals surface area (Å²) in [6.45, 7) is 1.05. The van der Waals surface area contributed by atoms with Gasteiger partial charge in [0.1, 0.15) is 11.6 Å². The molecule has 0 aliphatic carbocycles. The summed E-state index contributed by atoms with van der Waals surface area (Å²) >= 11 is 0. The number of methoxy groups -OCH3 is 1. The second-order valence-corrected chi connectivity index (χ2v) is 4.90. The molecule has 1 aliphatic heterocycles. The lowest BCUT2D eigenvalue weighted by Gasteiger charge is -2.15. The summed E-state index contributed by atoms with van der Waals surface area (Å²) in [6, 6.07) is 2.70. The summed E-state index contributed by atoms with van der Waals surface area (Å²) in [6.07, 6.45) is 0.151. The summed E-state index contributed by atoms with van der Waals surface area (Å²) in [7, 11) is 1.28. The number of carbonyl (C=O) groups is 2. The second kappa shape index (κ2) is 6.62. The molecule has 0 bridgehead atoms. The van der Waals surface area contributed by atoms with E-state index < -0.39 is 23.5 Å². The fraction of sp³-hybridized carbons (Fsp3) is 0.429. The predicted octanol–water partition coefficient (Wildman–Crippen LogP) is 1.58. The third-order valence-electron chi connectivity index (χ3n) is 3.38. The van der Waals surface area contributed by atoms with Crippen molar-refractivity contribution in [2.45, 2.75) is 12.5 Å². The van der Waals surface area contributed by atoms with E-state index in [1.165, 1.54) is 7.11 Å². The SMILES string of the molecule is COC(=O)NC1CCN(CC(=O)c2cc(F)ccc2F)C1. The molecule has 1 aromatic rings. The standard InChI is InChI=1S/C14H16F2N2O3/c1-21-14(20)17-10-4-5-18(7-10)8-13(19)11-6-9(15)2-3-12(11)16/h2-3,6,10H,4-5,7-8H2,1H3,(H,17,20). The summed E-state index contributed by atoms with van der Waals surface area (Å²) < 4.78 is 31.1. The van der Waals surface area contributed by atoms with E-state index in [0.717, 1.165) is 18.2 Å². The quantitative estimate of drug-likeness (QED) is 0.857. The maximum absolute atomic E-state index is 13.5. The van der Waals surface area contributed by atoms with Crippen molar-refractivity contribution >= 4 is 11.9 Å². The Morgan fingerprint density at radius 1 is 1.43 bits per heavy atom. The van der Waals surface area contributed by atoms with E-state index in [1.807, 2.05) is 0 Å². The smallest absolute Gasteiger partial charge is 0.407 e. The number of carbonyl (C=O) groups excluding carboxylic acids is 2. The number of amides is 1. The van der Waals surface area contributed by atoms with Crippen molar-refractivity contribution in [3.8, 4) is 0 Å². The van der Waals surface area contributed by atoms with Crippen LogP contribution >= 0.6 is 0 Å². The maximum atomic E-state index is 13.5. The summed E-state index contributed by atoms with van der Waals surface area (Å²) in [4.78, 5) is 24.9. The van der Waals surface area contributed by atoms with E-state index >= 15 is 0 Å². The highest BCUT2D eigenvalue weighted by atomic mass is 19.1. The zero-order valence-corrected chi connectivity index (χ0v) is 11.6. The van der Waals surface area contributed by atoms with Crippen molar-refractivity contribution in [3.05, 3.63) is 35.4 Å². The maximum Gasteiger partial charge on any atom is 0.407 e. The largest absolute Gasteiger partial charge is 0.453 e. The minimum atomic E-state index is -0.732. The Kier molecular flexibility index (Phi) is 4.85. The summed E-state index contributed by atoms with van der Waals surface area (Å²) in [5, 5.41) is 2.64. The molecule has 114 valence electrons. The molecule has 0 saturated carbocycles. The third-order valence-corrected chi connectivity index (χ3v) is 3.38. The Morgan fingerprint density at radius 2 is 2.19 bits per heavy atom. The average Bonchev–Trinajstić information content (AvgIpc) is 2.88. The number of alkyl carbamates (subject to hydrolysis) is 1. The van der Waals surface area contributed by atoms with Gasteiger partial charge < -0.3 is 10.1 Å². The Balaban J connectivity index is 1.92. The van der Waals surface area contributed by atoms with Crippen molar-refractivity contribution in [1.29, 1.82) is 0 Å². The molecule has 1 saturated heterocycles. The molecular formula is C14H16F2N2O3. The second-order valence-electron chi connectivity index (χ2n) is 4.90. The van der Waals surface area contributed by atoms with Gasteiger partial charge in [0.25, 0.3) is 0 Å². The Labute approximate surface area is 120 Å². The van der Waals surface area contributed by atoms with Crippen LogP contribution in [0.25, 0.3) is 0 Å². The molecule has 1 heterocycles. The third kappa shape index (κ3) is 3.98. The van der Waals surface area contributed by atoms with Crippen LogP contribution in [0.5, 0.6) is 0 Å². The molecule has 21 heavy (non-hydrogen) atoms. The minimum absolute atomic E-state index is 0.0142. The monoisotopic (exact) mass is 298 g/mol. The predicted molar refractivity (Wildman–Crippen MR) is 71.1 cm³/mol. The molecule has 1 unspecified atom stereocenters. The van der Waals surface area contributed by atoms with Crippen molar-refractivity contribution < 1.29 is 23.1 Å². The minimum Gasteiger partial charge on any atom is -0.453 e. The number of rotatable bonds is 4. The van der Waals surface area contributed by atoms with Crippen LogP contribution < -0.4 is 5.32 Å². The molecule has 1 aromatic carbocycles. The van der Waals surface area contributed by atoms with E-state index in [0.29, 0.717) is 19.5 Å². The van der Waals surface area contributed by atoms with Crippen LogP contribution in [0.4, 0.5) is 13.6 Å². The molecule has 5 nitrogen and oxygen atoms in total. The highest BCUT2D eigenvalue weighted by molar-refractivity contribution is 5.97. The van der Waals surface area contributed by atoms with Gasteiger partial charge in [0.05, 0.1) is 19.2 Å². The number of halogens is 2. The number of ether oxygens (including phenoxy) is 1. The van der Waals surface area contributed by atoms with Crippen LogP contribution in [0.3, 0.4) is 0 Å². The number of ketones is 1. The van der Waals surface area contributed by atoms with Gasteiger partial charge in [0.15, 0.2) is 5.78 Å². The normalized spacial score (nSPS) is 18.5. The first kappa shape index (κ1) is 15.4. The lowest BCUT2D eigenvalue weighted by molar-refractivity contribution is 0.0940. The summed E-state index contributed by atoms with van der Waals surface area (Å²) in [5.74, 6) is -1.86. The highest BCUT2D eigenvalue weighted by Gasteiger charge is 2.26. The molecular weight excluding hydrogens is 282 g/mol. The Bertz CT molecular complexity index is 551.